The molecule has 174 valence electrons. The highest BCUT2D eigenvalue weighted by molar-refractivity contribution is 7.89. The number of carbonyl (C=O) groups excluding carboxylic acids is 1. The number of hydrogen-bond acceptors (Lipinski definition) is 5. The van der Waals surface area contributed by atoms with Crippen molar-refractivity contribution in [1.82, 2.24) is 9.62 Å². The summed E-state index contributed by atoms with van der Waals surface area (Å²) in [6.45, 7) is 7.52. The second kappa shape index (κ2) is 10.5. The van der Waals surface area contributed by atoms with E-state index in [1.807, 2.05) is 13.0 Å². The largest absolute Gasteiger partial charge is 0.496 e. The third-order valence-electron chi connectivity index (χ3n) is 5.89. The molecular weight excluding hydrogens is 428 g/mol. The van der Waals surface area contributed by atoms with E-state index in [0.29, 0.717) is 44.0 Å². The molecular formula is C24H32N2O5S. The van der Waals surface area contributed by atoms with Crippen LogP contribution in [-0.2, 0) is 26.0 Å². The highest BCUT2D eigenvalue weighted by Crippen LogP contribution is 2.26. The third-order valence-corrected chi connectivity index (χ3v) is 7.78. The summed E-state index contributed by atoms with van der Waals surface area (Å²) in [5, 5.41) is 3.03. The van der Waals surface area contributed by atoms with E-state index in [9.17, 15) is 13.2 Å². The number of nitrogens with zero attached hydrogens (tertiary/aromatic N) is 1. The molecule has 1 amide bonds. The van der Waals surface area contributed by atoms with E-state index >= 15 is 0 Å². The zero-order valence-corrected chi connectivity index (χ0v) is 20.0. The van der Waals surface area contributed by atoms with Crippen LogP contribution < -0.4 is 10.1 Å². The number of benzene rings is 2. The van der Waals surface area contributed by atoms with E-state index in [4.69, 9.17) is 9.47 Å². The van der Waals surface area contributed by atoms with Crippen LogP contribution in [0.2, 0.25) is 0 Å². The Labute approximate surface area is 190 Å². The summed E-state index contributed by atoms with van der Waals surface area (Å²) in [4.78, 5) is 12.8. The Morgan fingerprint density at radius 3 is 2.50 bits per heavy atom. The minimum Gasteiger partial charge on any atom is -0.496 e. The van der Waals surface area contributed by atoms with Crippen molar-refractivity contribution in [2.45, 2.75) is 44.6 Å². The van der Waals surface area contributed by atoms with Gasteiger partial charge in [-0.3, -0.25) is 4.79 Å². The number of nitrogens with one attached hydrogen (secondary N) is 1. The molecule has 0 saturated carbocycles. The van der Waals surface area contributed by atoms with Gasteiger partial charge in [0, 0.05) is 19.5 Å². The number of hydrogen-bond donors (Lipinski definition) is 1. The quantitative estimate of drug-likeness (QED) is 0.654. The molecule has 1 saturated heterocycles. The first-order valence-corrected chi connectivity index (χ1v) is 12.3. The summed E-state index contributed by atoms with van der Waals surface area (Å²) < 4.78 is 38.1. The highest BCUT2D eigenvalue weighted by atomic mass is 32.2. The first-order chi connectivity index (χ1) is 15.2. The number of rotatable bonds is 8. The van der Waals surface area contributed by atoms with Crippen molar-refractivity contribution < 1.29 is 22.7 Å². The summed E-state index contributed by atoms with van der Waals surface area (Å²) in [7, 11) is -2.07. The monoisotopic (exact) mass is 460 g/mol. The first-order valence-electron chi connectivity index (χ1n) is 10.8. The van der Waals surface area contributed by atoms with Crippen molar-refractivity contribution in [1.29, 1.82) is 0 Å². The van der Waals surface area contributed by atoms with Gasteiger partial charge in [0.05, 0.1) is 31.3 Å². The SMILES string of the molecule is COc1ccc(S(=O)(=O)N2CCOCC2)cc1CCC(=O)N[C@@H](C)c1ccc(C)c(C)c1. The van der Waals surface area contributed by atoms with Crippen molar-refractivity contribution in [3.8, 4) is 5.75 Å². The Morgan fingerprint density at radius 1 is 1.12 bits per heavy atom. The second-order valence-corrected chi connectivity index (χ2v) is 10.1. The number of aryl methyl sites for hydroxylation is 3. The Hall–Kier alpha value is -2.42. The molecule has 32 heavy (non-hydrogen) atoms. The van der Waals surface area contributed by atoms with E-state index in [1.54, 1.807) is 18.2 Å². The number of sulfonamides is 1. The molecule has 3 rings (SSSR count). The standard InChI is InChI=1S/C24H32N2O5S/c1-17-5-6-20(15-18(17)2)19(3)25-24(27)10-7-21-16-22(8-9-23(21)30-4)32(28,29)26-11-13-31-14-12-26/h5-6,8-9,15-16,19H,7,10-14H2,1-4H3,(H,25,27)/t19-/m0/s1. The lowest BCUT2D eigenvalue weighted by Gasteiger charge is -2.26. The maximum atomic E-state index is 13.0. The zero-order valence-electron chi connectivity index (χ0n) is 19.2. The first kappa shape index (κ1) is 24.2. The Bertz CT molecular complexity index is 1060. The van der Waals surface area contributed by atoms with Gasteiger partial charge in [-0.15, -0.1) is 0 Å². The molecule has 0 aromatic heterocycles. The lowest BCUT2D eigenvalue weighted by Crippen LogP contribution is -2.40. The number of methoxy groups -OCH3 is 1. The topological polar surface area (TPSA) is 84.9 Å². The zero-order chi connectivity index (χ0) is 23.3. The fraction of sp³-hybridized carbons (Fsp3) is 0.458. The van der Waals surface area contributed by atoms with E-state index < -0.39 is 10.0 Å². The smallest absolute Gasteiger partial charge is 0.243 e. The molecule has 1 atom stereocenters. The van der Waals surface area contributed by atoms with Crippen LogP contribution in [0.5, 0.6) is 5.75 Å². The van der Waals surface area contributed by atoms with Crippen LogP contribution in [0.25, 0.3) is 0 Å². The summed E-state index contributed by atoms with van der Waals surface area (Å²) in [6, 6.07) is 10.9. The van der Waals surface area contributed by atoms with Gasteiger partial charge < -0.3 is 14.8 Å². The molecule has 8 heteroatoms. The van der Waals surface area contributed by atoms with Crippen molar-refractivity contribution in [3.63, 3.8) is 0 Å². The van der Waals surface area contributed by atoms with Gasteiger partial charge in [-0.2, -0.15) is 4.31 Å². The lowest BCUT2D eigenvalue weighted by molar-refractivity contribution is -0.121. The highest BCUT2D eigenvalue weighted by Gasteiger charge is 2.27. The summed E-state index contributed by atoms with van der Waals surface area (Å²) >= 11 is 0. The third kappa shape index (κ3) is 5.68. The Balaban J connectivity index is 1.68. The second-order valence-electron chi connectivity index (χ2n) is 8.12. The average Bonchev–Trinajstić information content (AvgIpc) is 2.79. The summed E-state index contributed by atoms with van der Waals surface area (Å²) in [5.74, 6) is 0.472. The van der Waals surface area contributed by atoms with Crippen LogP contribution in [0.15, 0.2) is 41.3 Å². The molecule has 2 aromatic rings. The van der Waals surface area contributed by atoms with Gasteiger partial charge in [0.2, 0.25) is 15.9 Å². The number of morpholine rings is 1. The molecule has 0 aliphatic carbocycles. The Kier molecular flexibility index (Phi) is 7.92. The molecule has 1 heterocycles. The number of ether oxygens (including phenoxy) is 2. The van der Waals surface area contributed by atoms with E-state index in [0.717, 1.165) is 5.56 Å². The van der Waals surface area contributed by atoms with Crippen molar-refractivity contribution in [2.75, 3.05) is 33.4 Å². The summed E-state index contributed by atoms with van der Waals surface area (Å²) in [5.41, 5.74) is 4.14. The molecule has 0 spiro atoms. The van der Waals surface area contributed by atoms with E-state index in [1.165, 1.54) is 22.5 Å². The lowest BCUT2D eigenvalue weighted by atomic mass is 10.0. The minimum atomic E-state index is -3.61. The van der Waals surface area contributed by atoms with Crippen LogP contribution in [-0.4, -0.2) is 52.0 Å². The van der Waals surface area contributed by atoms with Crippen LogP contribution in [0.1, 0.15) is 41.6 Å². The molecule has 7 nitrogen and oxygen atoms in total. The fourth-order valence-corrected chi connectivity index (χ4v) is 5.19. The van der Waals surface area contributed by atoms with Gasteiger partial charge in [-0.05, 0) is 67.6 Å². The van der Waals surface area contributed by atoms with Crippen molar-refractivity contribution >= 4 is 15.9 Å². The van der Waals surface area contributed by atoms with Crippen molar-refractivity contribution in [3.05, 3.63) is 58.7 Å². The Morgan fingerprint density at radius 2 is 1.84 bits per heavy atom. The molecule has 0 unspecified atom stereocenters. The molecule has 1 aliphatic rings. The predicted molar refractivity (Wildman–Crippen MR) is 123 cm³/mol. The van der Waals surface area contributed by atoms with Gasteiger partial charge in [0.25, 0.3) is 0 Å². The van der Waals surface area contributed by atoms with Gasteiger partial charge in [0.15, 0.2) is 0 Å². The van der Waals surface area contributed by atoms with Crippen LogP contribution in [0, 0.1) is 13.8 Å². The molecule has 1 N–H and O–H groups in total. The van der Waals surface area contributed by atoms with Crippen molar-refractivity contribution in [2.24, 2.45) is 0 Å². The molecule has 2 aromatic carbocycles. The molecule has 1 aliphatic heterocycles. The maximum absolute atomic E-state index is 13.0. The van der Waals surface area contributed by atoms with Crippen LogP contribution in [0.3, 0.4) is 0 Å². The van der Waals surface area contributed by atoms with Crippen LogP contribution in [0.4, 0.5) is 0 Å². The maximum Gasteiger partial charge on any atom is 0.243 e. The minimum absolute atomic E-state index is 0.0979. The fourth-order valence-electron chi connectivity index (χ4n) is 3.73. The summed E-state index contributed by atoms with van der Waals surface area (Å²) in [6.07, 6.45) is 0.605. The average molecular weight is 461 g/mol. The predicted octanol–water partition coefficient (Wildman–Crippen LogP) is 3.14. The molecule has 0 radical (unpaired) electrons. The van der Waals surface area contributed by atoms with E-state index in [2.05, 4.69) is 31.3 Å². The molecule has 1 fully saturated rings. The van der Waals surface area contributed by atoms with Gasteiger partial charge in [-0.25, -0.2) is 8.42 Å². The van der Waals surface area contributed by atoms with Gasteiger partial charge in [0.1, 0.15) is 5.75 Å². The van der Waals surface area contributed by atoms with Gasteiger partial charge >= 0.3 is 0 Å². The number of amides is 1. The molecule has 0 bridgehead atoms. The normalized spacial score (nSPS) is 15.9. The van der Waals surface area contributed by atoms with Gasteiger partial charge in [-0.1, -0.05) is 18.2 Å². The number of carbonyl (C=O) groups is 1. The van der Waals surface area contributed by atoms with Crippen LogP contribution >= 0.6 is 0 Å². The van der Waals surface area contributed by atoms with E-state index in [-0.39, 0.29) is 23.3 Å².